The molecule has 2 aromatic heterocycles. The van der Waals surface area contributed by atoms with Crippen molar-refractivity contribution in [3.63, 3.8) is 0 Å². The first-order chi connectivity index (χ1) is 14.4. The molecule has 7 nitrogen and oxygen atoms in total. The van der Waals surface area contributed by atoms with E-state index < -0.39 is 0 Å². The summed E-state index contributed by atoms with van der Waals surface area (Å²) in [6.45, 7) is 7.38. The van der Waals surface area contributed by atoms with Crippen LogP contribution in [0.4, 0.5) is 11.5 Å². The van der Waals surface area contributed by atoms with Crippen molar-refractivity contribution in [3.05, 3.63) is 58.6 Å². The summed E-state index contributed by atoms with van der Waals surface area (Å²) in [5, 5.41) is 8.16. The first-order valence-corrected chi connectivity index (χ1v) is 10.5. The molecule has 1 N–H and O–H groups in total. The van der Waals surface area contributed by atoms with E-state index in [1.165, 1.54) is 0 Å². The van der Waals surface area contributed by atoms with Gasteiger partial charge in [-0.25, -0.2) is 14.6 Å². The van der Waals surface area contributed by atoms with Crippen LogP contribution in [-0.2, 0) is 4.79 Å². The van der Waals surface area contributed by atoms with E-state index >= 15 is 0 Å². The number of anilines is 2. The molecule has 1 saturated heterocycles. The van der Waals surface area contributed by atoms with E-state index in [0.29, 0.717) is 11.6 Å². The first kappa shape index (κ1) is 20.3. The van der Waals surface area contributed by atoms with Crippen LogP contribution in [-0.4, -0.2) is 38.7 Å². The van der Waals surface area contributed by atoms with Gasteiger partial charge in [-0.05, 0) is 57.4 Å². The van der Waals surface area contributed by atoms with Gasteiger partial charge < -0.3 is 10.2 Å². The molecule has 1 aromatic carbocycles. The van der Waals surface area contributed by atoms with Crippen molar-refractivity contribution in [2.75, 3.05) is 23.3 Å². The van der Waals surface area contributed by atoms with E-state index in [9.17, 15) is 4.79 Å². The molecule has 8 heteroatoms. The van der Waals surface area contributed by atoms with E-state index in [2.05, 4.69) is 25.3 Å². The number of piperidine rings is 1. The van der Waals surface area contributed by atoms with Gasteiger partial charge in [0.2, 0.25) is 5.91 Å². The van der Waals surface area contributed by atoms with Crippen molar-refractivity contribution >= 4 is 29.0 Å². The van der Waals surface area contributed by atoms with E-state index in [-0.39, 0.29) is 11.8 Å². The average molecular weight is 425 g/mol. The van der Waals surface area contributed by atoms with Gasteiger partial charge in [-0.2, -0.15) is 5.10 Å². The summed E-state index contributed by atoms with van der Waals surface area (Å²) >= 11 is 6.09. The number of nitrogens with zero attached hydrogens (tertiary/aromatic N) is 5. The molecule has 0 bridgehead atoms. The summed E-state index contributed by atoms with van der Waals surface area (Å²) in [6, 6.07) is 9.47. The second-order valence-electron chi connectivity index (χ2n) is 7.81. The van der Waals surface area contributed by atoms with Crippen LogP contribution in [0.1, 0.15) is 29.8 Å². The van der Waals surface area contributed by atoms with E-state index in [4.69, 9.17) is 11.6 Å². The van der Waals surface area contributed by atoms with Gasteiger partial charge in [0.15, 0.2) is 5.82 Å². The van der Waals surface area contributed by atoms with Gasteiger partial charge in [0.05, 0.1) is 11.6 Å². The number of carbonyl (C=O) groups is 1. The van der Waals surface area contributed by atoms with Crippen LogP contribution in [0.5, 0.6) is 0 Å². The Morgan fingerprint density at radius 3 is 2.70 bits per heavy atom. The van der Waals surface area contributed by atoms with Crippen molar-refractivity contribution < 1.29 is 4.79 Å². The molecule has 1 amide bonds. The highest BCUT2D eigenvalue weighted by molar-refractivity contribution is 6.31. The Labute approximate surface area is 181 Å². The predicted octanol–water partition coefficient (Wildman–Crippen LogP) is 4.10. The number of aromatic nitrogens is 4. The minimum atomic E-state index is -0.121. The molecule has 0 spiro atoms. The molecule has 0 aliphatic carbocycles. The van der Waals surface area contributed by atoms with Crippen LogP contribution in [0, 0.1) is 26.7 Å². The lowest BCUT2D eigenvalue weighted by Gasteiger charge is -2.33. The minimum absolute atomic E-state index is 0.0119. The average Bonchev–Trinajstić information content (AvgIpc) is 3.09. The number of halogens is 1. The summed E-state index contributed by atoms with van der Waals surface area (Å²) < 4.78 is 1.82. The highest BCUT2D eigenvalue weighted by Crippen LogP contribution is 2.26. The molecule has 0 saturated carbocycles. The third-order valence-electron chi connectivity index (χ3n) is 5.44. The molecule has 30 heavy (non-hydrogen) atoms. The Balaban J connectivity index is 1.50. The maximum atomic E-state index is 12.9. The van der Waals surface area contributed by atoms with Crippen LogP contribution in [0.3, 0.4) is 0 Å². The first-order valence-electron chi connectivity index (χ1n) is 10.1. The molecular weight excluding hydrogens is 400 g/mol. The van der Waals surface area contributed by atoms with Gasteiger partial charge in [-0.3, -0.25) is 4.79 Å². The number of aryl methyl sites for hydroxylation is 3. The number of benzene rings is 1. The second kappa shape index (κ2) is 8.44. The van der Waals surface area contributed by atoms with Crippen LogP contribution >= 0.6 is 11.6 Å². The summed E-state index contributed by atoms with van der Waals surface area (Å²) in [5.74, 6) is 1.43. The van der Waals surface area contributed by atoms with Gasteiger partial charge in [-0.1, -0.05) is 17.7 Å². The topological polar surface area (TPSA) is 75.9 Å². The van der Waals surface area contributed by atoms with E-state index in [1.54, 1.807) is 12.4 Å². The van der Waals surface area contributed by atoms with Crippen molar-refractivity contribution in [2.45, 2.75) is 33.6 Å². The van der Waals surface area contributed by atoms with Gasteiger partial charge in [-0.15, -0.1) is 0 Å². The van der Waals surface area contributed by atoms with Crippen LogP contribution in [0.25, 0.3) is 5.82 Å². The third kappa shape index (κ3) is 4.31. The molecule has 1 fully saturated rings. The SMILES string of the molecule is Cc1cc(C)n(-c2cc(N3CCCC(C(=O)Nc4cc(Cl)ccc4C)C3)ncn2)n1. The largest absolute Gasteiger partial charge is 0.356 e. The zero-order valence-corrected chi connectivity index (χ0v) is 18.1. The summed E-state index contributed by atoms with van der Waals surface area (Å²) in [4.78, 5) is 23.9. The predicted molar refractivity (Wildman–Crippen MR) is 118 cm³/mol. The number of amides is 1. The number of nitrogens with one attached hydrogen (secondary N) is 1. The Morgan fingerprint density at radius 1 is 1.13 bits per heavy atom. The number of carbonyl (C=O) groups excluding carboxylic acids is 1. The lowest BCUT2D eigenvalue weighted by atomic mass is 9.97. The second-order valence-corrected chi connectivity index (χ2v) is 8.24. The monoisotopic (exact) mass is 424 g/mol. The van der Waals surface area contributed by atoms with Crippen LogP contribution < -0.4 is 10.2 Å². The van der Waals surface area contributed by atoms with Crippen molar-refractivity contribution in [1.82, 2.24) is 19.7 Å². The molecule has 3 aromatic rings. The van der Waals surface area contributed by atoms with Gasteiger partial charge in [0.25, 0.3) is 0 Å². The molecule has 4 rings (SSSR count). The van der Waals surface area contributed by atoms with Crippen molar-refractivity contribution in [1.29, 1.82) is 0 Å². The van der Waals surface area contributed by atoms with E-state index in [0.717, 1.165) is 53.7 Å². The van der Waals surface area contributed by atoms with E-state index in [1.807, 2.05) is 49.7 Å². The molecule has 3 heterocycles. The molecule has 1 unspecified atom stereocenters. The number of rotatable bonds is 4. The zero-order chi connectivity index (χ0) is 21.3. The summed E-state index contributed by atoms with van der Waals surface area (Å²) in [6.07, 6.45) is 3.32. The Hall–Kier alpha value is -2.93. The van der Waals surface area contributed by atoms with Gasteiger partial charge >= 0.3 is 0 Å². The molecule has 1 atom stereocenters. The maximum Gasteiger partial charge on any atom is 0.229 e. The molecule has 1 aliphatic heterocycles. The maximum absolute atomic E-state index is 12.9. The minimum Gasteiger partial charge on any atom is -0.356 e. The molecule has 0 radical (unpaired) electrons. The van der Waals surface area contributed by atoms with Crippen molar-refractivity contribution in [3.8, 4) is 5.82 Å². The van der Waals surface area contributed by atoms with Crippen LogP contribution in [0.2, 0.25) is 5.02 Å². The molecule has 1 aliphatic rings. The highest BCUT2D eigenvalue weighted by atomic mass is 35.5. The third-order valence-corrected chi connectivity index (χ3v) is 5.67. The Kier molecular flexibility index (Phi) is 5.72. The fraction of sp³-hybridized carbons (Fsp3) is 0.364. The van der Waals surface area contributed by atoms with Crippen LogP contribution in [0.15, 0.2) is 36.7 Å². The number of hydrogen-bond donors (Lipinski definition) is 1. The fourth-order valence-corrected chi connectivity index (χ4v) is 4.02. The van der Waals surface area contributed by atoms with Crippen molar-refractivity contribution in [2.24, 2.45) is 5.92 Å². The Morgan fingerprint density at radius 2 is 1.93 bits per heavy atom. The fourth-order valence-electron chi connectivity index (χ4n) is 3.85. The lowest BCUT2D eigenvalue weighted by molar-refractivity contribution is -0.120. The quantitative estimate of drug-likeness (QED) is 0.682. The van der Waals surface area contributed by atoms with Gasteiger partial charge in [0, 0.05) is 35.6 Å². The standard InChI is InChI=1S/C22H25ClN6O/c1-14-6-7-18(23)10-19(14)26-22(30)17-5-4-8-28(12-17)20-11-21(25-13-24-20)29-16(3)9-15(2)27-29/h6-7,9-11,13,17H,4-5,8,12H2,1-3H3,(H,26,30). The molecular formula is C22H25ClN6O. The molecule has 156 valence electrons. The van der Waals surface area contributed by atoms with Gasteiger partial charge in [0.1, 0.15) is 12.1 Å². The summed E-state index contributed by atoms with van der Waals surface area (Å²) in [5.41, 5.74) is 3.72. The number of hydrogen-bond acceptors (Lipinski definition) is 5. The normalized spacial score (nSPS) is 16.5. The Bertz CT molecular complexity index is 1080. The zero-order valence-electron chi connectivity index (χ0n) is 17.4. The highest BCUT2D eigenvalue weighted by Gasteiger charge is 2.27. The smallest absolute Gasteiger partial charge is 0.229 e. The lowest BCUT2D eigenvalue weighted by Crippen LogP contribution is -2.41. The summed E-state index contributed by atoms with van der Waals surface area (Å²) in [7, 11) is 0.